The summed E-state index contributed by atoms with van der Waals surface area (Å²) in [7, 11) is 0. The molecule has 0 spiro atoms. The summed E-state index contributed by atoms with van der Waals surface area (Å²) in [5.41, 5.74) is 2.11. The van der Waals surface area contributed by atoms with Crippen molar-refractivity contribution in [3.05, 3.63) is 30.1 Å². The first-order valence-corrected chi connectivity index (χ1v) is 6.36. The Bertz CT molecular complexity index is 546. The van der Waals surface area contributed by atoms with Gasteiger partial charge in [-0.25, -0.2) is 4.98 Å². The Morgan fingerprint density at radius 2 is 2.11 bits per heavy atom. The highest BCUT2D eigenvalue weighted by Crippen LogP contribution is 2.17. The van der Waals surface area contributed by atoms with Crippen molar-refractivity contribution >= 4 is 17.0 Å². The normalized spacial score (nSPS) is 10.8. The van der Waals surface area contributed by atoms with Crippen LogP contribution in [-0.4, -0.2) is 22.1 Å². The van der Waals surface area contributed by atoms with E-state index in [0.29, 0.717) is 19.4 Å². The minimum Gasteiger partial charge on any atom is -0.466 e. The maximum Gasteiger partial charge on any atom is 0.306 e. The summed E-state index contributed by atoms with van der Waals surface area (Å²) in [6.07, 6.45) is 1.01. The third-order valence-electron chi connectivity index (χ3n) is 2.91. The lowest BCUT2D eigenvalue weighted by molar-refractivity contribution is -0.143. The van der Waals surface area contributed by atoms with E-state index < -0.39 is 0 Å². The van der Waals surface area contributed by atoms with Gasteiger partial charge in [-0.05, 0) is 26.0 Å². The number of imidazole rings is 1. The molecule has 0 N–H and O–H groups in total. The fourth-order valence-electron chi connectivity index (χ4n) is 2.12. The molecule has 0 aliphatic carbocycles. The molecule has 0 aliphatic heterocycles. The zero-order valence-electron chi connectivity index (χ0n) is 10.8. The number of rotatable bonds is 5. The standard InChI is InChI=1S/C14H18N2O2/c1-3-16-12-8-6-5-7-11(12)15-13(16)9-10-14(17)18-4-2/h5-8H,3-4,9-10H2,1-2H3. The molecule has 0 unspecified atom stereocenters. The van der Waals surface area contributed by atoms with Crippen LogP contribution in [0.5, 0.6) is 0 Å². The Morgan fingerprint density at radius 3 is 2.83 bits per heavy atom. The van der Waals surface area contributed by atoms with E-state index in [9.17, 15) is 4.79 Å². The number of hydrogen-bond donors (Lipinski definition) is 0. The lowest BCUT2D eigenvalue weighted by Crippen LogP contribution is -2.08. The van der Waals surface area contributed by atoms with E-state index in [1.165, 1.54) is 0 Å². The molecule has 2 aromatic rings. The molecular weight excluding hydrogens is 228 g/mol. The zero-order valence-corrected chi connectivity index (χ0v) is 10.8. The van der Waals surface area contributed by atoms with Gasteiger partial charge in [-0.15, -0.1) is 0 Å². The van der Waals surface area contributed by atoms with Gasteiger partial charge in [-0.3, -0.25) is 4.79 Å². The monoisotopic (exact) mass is 246 g/mol. The molecule has 1 heterocycles. The molecule has 0 aliphatic rings. The van der Waals surface area contributed by atoms with E-state index in [-0.39, 0.29) is 5.97 Å². The molecular formula is C14H18N2O2. The number of nitrogens with zero attached hydrogens (tertiary/aromatic N) is 2. The van der Waals surface area contributed by atoms with Crippen LogP contribution in [0.15, 0.2) is 24.3 Å². The quantitative estimate of drug-likeness (QED) is 0.761. The minimum absolute atomic E-state index is 0.160. The van der Waals surface area contributed by atoms with Crippen LogP contribution in [0, 0.1) is 0 Å². The number of carbonyl (C=O) groups excluding carboxylic acids is 1. The second-order valence-corrected chi connectivity index (χ2v) is 4.07. The van der Waals surface area contributed by atoms with E-state index in [2.05, 4.69) is 22.5 Å². The average molecular weight is 246 g/mol. The molecule has 1 aromatic carbocycles. The van der Waals surface area contributed by atoms with Crippen molar-refractivity contribution in [2.75, 3.05) is 6.61 Å². The van der Waals surface area contributed by atoms with Crippen LogP contribution in [0.1, 0.15) is 26.1 Å². The number of esters is 1. The lowest BCUT2D eigenvalue weighted by atomic mass is 10.3. The van der Waals surface area contributed by atoms with Gasteiger partial charge < -0.3 is 9.30 Å². The molecule has 0 radical (unpaired) electrons. The van der Waals surface area contributed by atoms with Crippen LogP contribution in [-0.2, 0) is 22.5 Å². The Labute approximate surface area is 107 Å². The number of fused-ring (bicyclic) bond motifs is 1. The molecule has 96 valence electrons. The first-order chi connectivity index (χ1) is 8.76. The van der Waals surface area contributed by atoms with Crippen LogP contribution in [0.4, 0.5) is 0 Å². The second kappa shape index (κ2) is 5.67. The summed E-state index contributed by atoms with van der Waals surface area (Å²) in [5.74, 6) is 0.791. The summed E-state index contributed by atoms with van der Waals surface area (Å²) in [6.45, 7) is 5.20. The van der Waals surface area contributed by atoms with Crippen molar-refractivity contribution in [3.8, 4) is 0 Å². The molecule has 1 aromatic heterocycles. The SMILES string of the molecule is CCOC(=O)CCc1nc2ccccc2n1CC. The first-order valence-electron chi connectivity index (χ1n) is 6.36. The van der Waals surface area contributed by atoms with Gasteiger partial charge in [-0.1, -0.05) is 12.1 Å². The van der Waals surface area contributed by atoms with E-state index in [4.69, 9.17) is 4.74 Å². The van der Waals surface area contributed by atoms with Crippen molar-refractivity contribution < 1.29 is 9.53 Å². The Morgan fingerprint density at radius 1 is 1.33 bits per heavy atom. The topological polar surface area (TPSA) is 44.1 Å². The minimum atomic E-state index is -0.160. The van der Waals surface area contributed by atoms with Gasteiger partial charge in [0.1, 0.15) is 5.82 Å². The van der Waals surface area contributed by atoms with Crippen LogP contribution in [0.2, 0.25) is 0 Å². The first kappa shape index (κ1) is 12.6. The maximum absolute atomic E-state index is 11.4. The van der Waals surface area contributed by atoms with Gasteiger partial charge in [0.05, 0.1) is 24.1 Å². The molecule has 18 heavy (non-hydrogen) atoms. The summed E-state index contributed by atoms with van der Waals surface area (Å²) in [6, 6.07) is 8.03. The fourth-order valence-corrected chi connectivity index (χ4v) is 2.12. The molecule has 4 nitrogen and oxygen atoms in total. The van der Waals surface area contributed by atoms with Crippen molar-refractivity contribution in [1.82, 2.24) is 9.55 Å². The van der Waals surface area contributed by atoms with Gasteiger partial charge in [-0.2, -0.15) is 0 Å². The molecule has 4 heteroatoms. The van der Waals surface area contributed by atoms with Gasteiger partial charge in [0, 0.05) is 13.0 Å². The fraction of sp³-hybridized carbons (Fsp3) is 0.429. The third-order valence-corrected chi connectivity index (χ3v) is 2.91. The van der Waals surface area contributed by atoms with Gasteiger partial charge in [0.15, 0.2) is 0 Å². The second-order valence-electron chi connectivity index (χ2n) is 4.07. The van der Waals surface area contributed by atoms with Gasteiger partial charge >= 0.3 is 5.97 Å². The maximum atomic E-state index is 11.4. The van der Waals surface area contributed by atoms with Crippen molar-refractivity contribution in [3.63, 3.8) is 0 Å². The van der Waals surface area contributed by atoms with Crippen molar-refractivity contribution in [2.24, 2.45) is 0 Å². The molecule has 0 atom stereocenters. The summed E-state index contributed by atoms with van der Waals surface area (Å²) < 4.78 is 7.08. The van der Waals surface area contributed by atoms with Crippen molar-refractivity contribution in [1.29, 1.82) is 0 Å². The number of hydrogen-bond acceptors (Lipinski definition) is 3. The molecule has 0 saturated heterocycles. The van der Waals surface area contributed by atoms with Crippen LogP contribution in [0.25, 0.3) is 11.0 Å². The van der Waals surface area contributed by atoms with E-state index >= 15 is 0 Å². The number of aromatic nitrogens is 2. The van der Waals surface area contributed by atoms with Gasteiger partial charge in [0.2, 0.25) is 0 Å². The number of benzene rings is 1. The molecule has 0 saturated carbocycles. The highest BCUT2D eigenvalue weighted by Gasteiger charge is 2.11. The summed E-state index contributed by atoms with van der Waals surface area (Å²) >= 11 is 0. The van der Waals surface area contributed by atoms with Gasteiger partial charge in [0.25, 0.3) is 0 Å². The zero-order chi connectivity index (χ0) is 13.0. The smallest absolute Gasteiger partial charge is 0.306 e. The number of carbonyl (C=O) groups is 1. The Kier molecular flexibility index (Phi) is 3.97. The van der Waals surface area contributed by atoms with Crippen LogP contribution in [0.3, 0.4) is 0 Å². The molecule has 0 bridgehead atoms. The predicted octanol–water partition coefficient (Wildman–Crippen LogP) is 2.55. The third kappa shape index (κ3) is 2.53. The largest absolute Gasteiger partial charge is 0.466 e. The molecule has 2 rings (SSSR count). The van der Waals surface area contributed by atoms with E-state index in [1.54, 1.807) is 0 Å². The lowest BCUT2D eigenvalue weighted by Gasteiger charge is -2.05. The molecule has 0 fully saturated rings. The van der Waals surface area contributed by atoms with E-state index in [1.807, 2.05) is 25.1 Å². The summed E-state index contributed by atoms with van der Waals surface area (Å²) in [4.78, 5) is 15.9. The highest BCUT2D eigenvalue weighted by molar-refractivity contribution is 5.76. The van der Waals surface area contributed by atoms with E-state index in [0.717, 1.165) is 23.4 Å². The molecule has 0 amide bonds. The number of aryl methyl sites for hydroxylation is 2. The summed E-state index contributed by atoms with van der Waals surface area (Å²) in [5, 5.41) is 0. The Hall–Kier alpha value is -1.84. The number of para-hydroxylation sites is 2. The van der Waals surface area contributed by atoms with Crippen LogP contribution >= 0.6 is 0 Å². The van der Waals surface area contributed by atoms with Crippen LogP contribution < -0.4 is 0 Å². The Balaban J connectivity index is 2.19. The average Bonchev–Trinajstić information content (AvgIpc) is 2.74. The van der Waals surface area contributed by atoms with Crippen molar-refractivity contribution in [2.45, 2.75) is 33.2 Å². The highest BCUT2D eigenvalue weighted by atomic mass is 16.5. The number of ether oxygens (including phenoxy) is 1. The predicted molar refractivity (Wildman–Crippen MR) is 70.4 cm³/mol.